The van der Waals surface area contributed by atoms with Crippen molar-refractivity contribution in [2.45, 2.75) is 45.1 Å². The van der Waals surface area contributed by atoms with Gasteiger partial charge in [-0.1, -0.05) is 56.5 Å². The molecule has 5 N–H and O–H groups in total. The molecule has 18 heavy (non-hydrogen) atoms. The maximum Gasteiger partial charge on any atom is 0.405 e. The Labute approximate surface area is 109 Å². The summed E-state index contributed by atoms with van der Waals surface area (Å²) in [6, 6.07) is 9.76. The molecule has 1 atom stereocenters. The standard InChI is InChI=1S/C14H21NO2.H3N/c1-2-3-4-8-11-13(17-14(15)16)12-9-6-5-7-10-12;/h5-7,9-10,13H,2-4,8,11H2,1H3,(H2,15,16);1H3. The van der Waals surface area contributed by atoms with E-state index in [1.54, 1.807) is 0 Å². The Kier molecular flexibility index (Phi) is 8.66. The zero-order valence-corrected chi connectivity index (χ0v) is 11.1. The molecule has 1 amide bonds. The second-order valence-corrected chi connectivity index (χ2v) is 4.19. The van der Waals surface area contributed by atoms with Gasteiger partial charge in [0.05, 0.1) is 0 Å². The molecule has 0 aliphatic carbocycles. The van der Waals surface area contributed by atoms with E-state index in [2.05, 4.69) is 6.92 Å². The van der Waals surface area contributed by atoms with Crippen LogP contribution in [-0.4, -0.2) is 6.09 Å². The quantitative estimate of drug-likeness (QED) is 0.720. The smallest absolute Gasteiger partial charge is 0.405 e. The molecule has 1 rings (SSSR count). The molecule has 1 unspecified atom stereocenters. The Morgan fingerprint density at radius 1 is 1.22 bits per heavy atom. The van der Waals surface area contributed by atoms with Crippen molar-refractivity contribution in [2.75, 3.05) is 0 Å². The first kappa shape index (κ1) is 16.4. The molecule has 0 spiro atoms. The predicted octanol–water partition coefficient (Wildman–Crippen LogP) is 3.96. The van der Waals surface area contributed by atoms with E-state index in [0.29, 0.717) is 0 Å². The van der Waals surface area contributed by atoms with Crippen LogP contribution in [-0.2, 0) is 4.74 Å². The van der Waals surface area contributed by atoms with Gasteiger partial charge < -0.3 is 16.6 Å². The first-order chi connectivity index (χ1) is 8.24. The van der Waals surface area contributed by atoms with Crippen molar-refractivity contribution < 1.29 is 9.53 Å². The number of primary amides is 1. The van der Waals surface area contributed by atoms with Gasteiger partial charge in [-0.05, 0) is 18.4 Å². The Morgan fingerprint density at radius 2 is 1.89 bits per heavy atom. The lowest BCUT2D eigenvalue weighted by Crippen LogP contribution is -2.17. The van der Waals surface area contributed by atoms with E-state index in [9.17, 15) is 4.79 Å². The SMILES string of the molecule is CCCCCCC(OC(N)=O)c1ccccc1.N. The van der Waals surface area contributed by atoms with Gasteiger partial charge >= 0.3 is 6.09 Å². The minimum Gasteiger partial charge on any atom is -0.442 e. The average molecular weight is 252 g/mol. The molecule has 0 bridgehead atoms. The van der Waals surface area contributed by atoms with Gasteiger partial charge in [-0.2, -0.15) is 0 Å². The number of unbranched alkanes of at least 4 members (excludes halogenated alkanes) is 3. The number of carbonyl (C=O) groups excluding carboxylic acids is 1. The third-order valence-corrected chi connectivity index (χ3v) is 2.75. The number of hydrogen-bond acceptors (Lipinski definition) is 3. The van der Waals surface area contributed by atoms with Crippen molar-refractivity contribution >= 4 is 6.09 Å². The fourth-order valence-electron chi connectivity index (χ4n) is 1.86. The number of ether oxygens (including phenoxy) is 1. The monoisotopic (exact) mass is 252 g/mol. The van der Waals surface area contributed by atoms with Gasteiger partial charge in [-0.15, -0.1) is 0 Å². The highest BCUT2D eigenvalue weighted by molar-refractivity contribution is 5.65. The lowest BCUT2D eigenvalue weighted by atomic mass is 10.0. The summed E-state index contributed by atoms with van der Waals surface area (Å²) in [7, 11) is 0. The van der Waals surface area contributed by atoms with Crippen LogP contribution >= 0.6 is 0 Å². The third kappa shape index (κ3) is 6.25. The molecule has 0 aliphatic rings. The summed E-state index contributed by atoms with van der Waals surface area (Å²) < 4.78 is 5.16. The van der Waals surface area contributed by atoms with Crippen molar-refractivity contribution in [2.24, 2.45) is 5.73 Å². The zero-order valence-electron chi connectivity index (χ0n) is 11.1. The molecule has 0 radical (unpaired) electrons. The van der Waals surface area contributed by atoms with Crippen molar-refractivity contribution in [1.82, 2.24) is 6.15 Å². The zero-order chi connectivity index (χ0) is 12.5. The number of benzene rings is 1. The van der Waals surface area contributed by atoms with Crippen molar-refractivity contribution in [3.05, 3.63) is 35.9 Å². The average Bonchev–Trinajstić information content (AvgIpc) is 2.34. The van der Waals surface area contributed by atoms with Crippen LogP contribution in [0, 0.1) is 0 Å². The number of carbonyl (C=O) groups is 1. The molecule has 0 fully saturated rings. The van der Waals surface area contributed by atoms with E-state index in [-0.39, 0.29) is 12.3 Å². The van der Waals surface area contributed by atoms with Crippen LogP contribution in [0.2, 0.25) is 0 Å². The maximum atomic E-state index is 10.9. The topological polar surface area (TPSA) is 87.3 Å². The summed E-state index contributed by atoms with van der Waals surface area (Å²) in [4.78, 5) is 10.9. The first-order valence-electron chi connectivity index (χ1n) is 6.25. The molecule has 0 heterocycles. The highest BCUT2D eigenvalue weighted by atomic mass is 16.6. The molecule has 4 heteroatoms. The van der Waals surface area contributed by atoms with Crippen LogP contribution in [0.5, 0.6) is 0 Å². The van der Waals surface area contributed by atoms with Gasteiger partial charge in [0, 0.05) is 0 Å². The molecule has 0 aromatic heterocycles. The summed E-state index contributed by atoms with van der Waals surface area (Å²) in [5, 5.41) is 0. The summed E-state index contributed by atoms with van der Waals surface area (Å²) in [6.45, 7) is 2.18. The van der Waals surface area contributed by atoms with E-state index in [4.69, 9.17) is 10.5 Å². The highest BCUT2D eigenvalue weighted by Crippen LogP contribution is 2.23. The lowest BCUT2D eigenvalue weighted by molar-refractivity contribution is 0.0994. The van der Waals surface area contributed by atoms with Gasteiger partial charge in [0.25, 0.3) is 0 Å². The fraction of sp³-hybridized carbons (Fsp3) is 0.500. The third-order valence-electron chi connectivity index (χ3n) is 2.75. The van der Waals surface area contributed by atoms with Gasteiger partial charge in [0.15, 0.2) is 0 Å². The number of hydrogen-bond donors (Lipinski definition) is 2. The van der Waals surface area contributed by atoms with Crippen LogP contribution in [0.3, 0.4) is 0 Å². The maximum absolute atomic E-state index is 10.9. The van der Waals surface area contributed by atoms with Crippen molar-refractivity contribution in [1.29, 1.82) is 0 Å². The van der Waals surface area contributed by atoms with E-state index in [1.165, 1.54) is 19.3 Å². The molecular weight excluding hydrogens is 228 g/mol. The van der Waals surface area contributed by atoms with Crippen LogP contribution in [0.4, 0.5) is 4.79 Å². The minimum atomic E-state index is -0.700. The lowest BCUT2D eigenvalue weighted by Gasteiger charge is -2.16. The number of rotatable bonds is 7. The van der Waals surface area contributed by atoms with Gasteiger partial charge in [0.2, 0.25) is 0 Å². The number of amides is 1. The second kappa shape index (κ2) is 9.48. The molecule has 1 aromatic rings. The molecule has 1 aromatic carbocycles. The Morgan fingerprint density at radius 3 is 2.44 bits per heavy atom. The largest absolute Gasteiger partial charge is 0.442 e. The van der Waals surface area contributed by atoms with E-state index in [1.807, 2.05) is 30.3 Å². The Balaban J connectivity index is 0.00000289. The summed E-state index contributed by atoms with van der Waals surface area (Å²) in [5.41, 5.74) is 6.12. The molecule has 0 saturated heterocycles. The minimum absolute atomic E-state index is 0. The predicted molar refractivity (Wildman–Crippen MR) is 73.6 cm³/mol. The Bertz CT molecular complexity index is 328. The van der Waals surface area contributed by atoms with Crippen molar-refractivity contribution in [3.63, 3.8) is 0 Å². The molecule has 0 saturated carbocycles. The Hall–Kier alpha value is -1.55. The fourth-order valence-corrected chi connectivity index (χ4v) is 1.86. The normalized spacial score (nSPS) is 11.4. The molecule has 4 nitrogen and oxygen atoms in total. The number of nitrogens with two attached hydrogens (primary N) is 1. The van der Waals surface area contributed by atoms with E-state index in [0.717, 1.165) is 18.4 Å². The van der Waals surface area contributed by atoms with E-state index >= 15 is 0 Å². The van der Waals surface area contributed by atoms with Crippen molar-refractivity contribution in [3.8, 4) is 0 Å². The van der Waals surface area contributed by atoms with Gasteiger partial charge in [-0.3, -0.25) is 0 Å². The highest BCUT2D eigenvalue weighted by Gasteiger charge is 2.14. The van der Waals surface area contributed by atoms with E-state index < -0.39 is 6.09 Å². The molecule has 102 valence electrons. The summed E-state index contributed by atoms with van der Waals surface area (Å²) >= 11 is 0. The first-order valence-corrected chi connectivity index (χ1v) is 6.25. The molecule has 0 aliphatic heterocycles. The van der Waals surface area contributed by atoms with Crippen LogP contribution in [0.1, 0.15) is 50.7 Å². The molecular formula is C14H24N2O2. The van der Waals surface area contributed by atoms with Crippen LogP contribution in [0.15, 0.2) is 30.3 Å². The van der Waals surface area contributed by atoms with Crippen LogP contribution < -0.4 is 11.9 Å². The second-order valence-electron chi connectivity index (χ2n) is 4.19. The van der Waals surface area contributed by atoms with Crippen LogP contribution in [0.25, 0.3) is 0 Å². The summed E-state index contributed by atoms with van der Waals surface area (Å²) in [6.07, 6.45) is 4.58. The van der Waals surface area contributed by atoms with Gasteiger partial charge in [0.1, 0.15) is 6.10 Å². The van der Waals surface area contributed by atoms with Gasteiger partial charge in [-0.25, -0.2) is 4.79 Å². The summed E-state index contributed by atoms with van der Waals surface area (Å²) in [5.74, 6) is 0.